The van der Waals surface area contributed by atoms with Crippen LogP contribution < -0.4 is 0 Å². The molecule has 2 saturated heterocycles. The fourth-order valence-electron chi connectivity index (χ4n) is 2.35. The maximum absolute atomic E-state index is 11.8. The lowest BCUT2D eigenvalue weighted by molar-refractivity contribution is 0.518. The number of hydrogen-bond donors (Lipinski definition) is 0. The molecule has 12 heavy (non-hydrogen) atoms. The van der Waals surface area contributed by atoms with Gasteiger partial charge in [0.1, 0.15) is 0 Å². The molecule has 2 aliphatic rings. The van der Waals surface area contributed by atoms with Crippen LogP contribution in [0.5, 0.6) is 0 Å². The van der Waals surface area contributed by atoms with E-state index in [4.69, 9.17) is 0 Å². The maximum atomic E-state index is 11.8. The molecule has 2 heteroatoms. The normalized spacial score (nSPS) is 41.1. The molecule has 0 radical (unpaired) electrons. The van der Waals surface area contributed by atoms with E-state index in [1.165, 1.54) is 19.3 Å². The zero-order valence-corrected chi connectivity index (χ0v) is 8.40. The van der Waals surface area contributed by atoms with Crippen molar-refractivity contribution in [3.63, 3.8) is 0 Å². The van der Waals surface area contributed by atoms with Crippen molar-refractivity contribution in [3.05, 3.63) is 11.6 Å². The van der Waals surface area contributed by atoms with Crippen molar-refractivity contribution in [2.45, 2.75) is 49.5 Å². The van der Waals surface area contributed by atoms with Gasteiger partial charge in [-0.05, 0) is 32.6 Å². The van der Waals surface area contributed by atoms with Crippen molar-refractivity contribution < 1.29 is 4.21 Å². The summed E-state index contributed by atoms with van der Waals surface area (Å²) in [6, 6.07) is 0. The minimum Gasteiger partial charge on any atom is -0.259 e. The Morgan fingerprint density at radius 3 is 2.42 bits per heavy atom. The Morgan fingerprint density at radius 1 is 1.33 bits per heavy atom. The Morgan fingerprint density at radius 2 is 1.92 bits per heavy atom. The maximum Gasteiger partial charge on any atom is 0.0388 e. The van der Waals surface area contributed by atoms with E-state index in [0.29, 0.717) is 10.5 Å². The molecule has 2 rings (SSSR count). The van der Waals surface area contributed by atoms with E-state index in [-0.39, 0.29) is 0 Å². The van der Waals surface area contributed by atoms with Gasteiger partial charge in [0.15, 0.2) is 0 Å². The fraction of sp³-hybridized carbons (Fsp3) is 0.800. The molecule has 68 valence electrons. The molecule has 2 unspecified atom stereocenters. The van der Waals surface area contributed by atoms with Crippen LogP contribution >= 0.6 is 0 Å². The minimum absolute atomic E-state index is 0.499. The summed E-state index contributed by atoms with van der Waals surface area (Å²) < 4.78 is 11.8. The highest BCUT2D eigenvalue weighted by molar-refractivity contribution is 7.86. The highest BCUT2D eigenvalue weighted by Gasteiger charge is 2.34. The predicted molar refractivity (Wildman–Crippen MR) is 52.6 cm³/mol. The van der Waals surface area contributed by atoms with Crippen LogP contribution in [0, 0.1) is 0 Å². The van der Waals surface area contributed by atoms with Crippen LogP contribution in [-0.4, -0.2) is 14.7 Å². The average molecular weight is 184 g/mol. The molecular formula is C10H16OS. The molecule has 2 atom stereocenters. The van der Waals surface area contributed by atoms with E-state index in [1.807, 2.05) is 0 Å². The highest BCUT2D eigenvalue weighted by Crippen LogP contribution is 2.36. The van der Waals surface area contributed by atoms with Crippen molar-refractivity contribution in [2.24, 2.45) is 0 Å². The number of allylic oxidation sites excluding steroid dienone is 2. The Kier molecular flexibility index (Phi) is 2.35. The average Bonchev–Trinajstić information content (AvgIpc) is 2.04. The van der Waals surface area contributed by atoms with E-state index in [2.05, 4.69) is 13.0 Å². The molecule has 0 saturated carbocycles. The quantitative estimate of drug-likeness (QED) is 0.528. The Labute approximate surface area is 76.7 Å². The van der Waals surface area contributed by atoms with Crippen LogP contribution in [0.1, 0.15) is 39.0 Å². The summed E-state index contributed by atoms with van der Waals surface area (Å²) >= 11 is 0. The summed E-state index contributed by atoms with van der Waals surface area (Å²) in [5, 5.41) is 1.01. The van der Waals surface area contributed by atoms with Gasteiger partial charge >= 0.3 is 0 Å². The smallest absolute Gasteiger partial charge is 0.0388 e. The first-order valence-electron chi connectivity index (χ1n) is 4.84. The molecule has 0 aromatic heterocycles. The van der Waals surface area contributed by atoms with E-state index in [0.717, 1.165) is 12.8 Å². The first-order valence-corrected chi connectivity index (χ1v) is 6.12. The number of rotatable bonds is 0. The van der Waals surface area contributed by atoms with E-state index >= 15 is 0 Å². The van der Waals surface area contributed by atoms with E-state index in [9.17, 15) is 4.21 Å². The third-order valence-corrected chi connectivity index (χ3v) is 5.22. The Bertz CT molecular complexity index is 214. The van der Waals surface area contributed by atoms with Gasteiger partial charge in [-0.1, -0.05) is 18.1 Å². The molecule has 0 spiro atoms. The number of fused-ring (bicyclic) bond motifs is 2. The van der Waals surface area contributed by atoms with Gasteiger partial charge in [0, 0.05) is 21.3 Å². The molecule has 2 heterocycles. The van der Waals surface area contributed by atoms with Crippen molar-refractivity contribution >= 4 is 10.8 Å². The van der Waals surface area contributed by atoms with Crippen LogP contribution in [0.25, 0.3) is 0 Å². The van der Waals surface area contributed by atoms with Crippen LogP contribution in [0.15, 0.2) is 11.6 Å². The molecule has 0 amide bonds. The third kappa shape index (κ3) is 1.37. The van der Waals surface area contributed by atoms with Crippen LogP contribution in [0.2, 0.25) is 0 Å². The predicted octanol–water partition coefficient (Wildman–Crippen LogP) is 2.40. The van der Waals surface area contributed by atoms with Crippen molar-refractivity contribution in [1.29, 1.82) is 0 Å². The van der Waals surface area contributed by atoms with Gasteiger partial charge in [0.25, 0.3) is 0 Å². The van der Waals surface area contributed by atoms with Crippen LogP contribution in [0.4, 0.5) is 0 Å². The topological polar surface area (TPSA) is 17.1 Å². The lowest BCUT2D eigenvalue weighted by atomic mass is 9.94. The minimum atomic E-state index is -0.499. The molecule has 2 fully saturated rings. The third-order valence-electron chi connectivity index (χ3n) is 3.10. The summed E-state index contributed by atoms with van der Waals surface area (Å²) in [5.74, 6) is 0. The monoisotopic (exact) mass is 184 g/mol. The Balaban J connectivity index is 2.18. The fourth-order valence-corrected chi connectivity index (χ4v) is 4.45. The lowest BCUT2D eigenvalue weighted by Gasteiger charge is -2.35. The highest BCUT2D eigenvalue weighted by atomic mass is 32.2. The first kappa shape index (κ1) is 8.49. The zero-order valence-electron chi connectivity index (χ0n) is 7.58. The summed E-state index contributed by atoms with van der Waals surface area (Å²) in [5.41, 5.74) is 1.55. The van der Waals surface area contributed by atoms with Crippen LogP contribution in [0.3, 0.4) is 0 Å². The standard InChI is InChI=1S/C10H16OS/c1-2-8-6-9-4-3-5-10(7-8)12(9)11/h2,9-10H,3-7H2,1H3. The van der Waals surface area contributed by atoms with Crippen molar-refractivity contribution in [3.8, 4) is 0 Å². The van der Waals surface area contributed by atoms with Gasteiger partial charge in [0.2, 0.25) is 0 Å². The first-order chi connectivity index (χ1) is 5.81. The molecule has 2 aliphatic heterocycles. The molecule has 0 N–H and O–H groups in total. The van der Waals surface area contributed by atoms with E-state index < -0.39 is 10.8 Å². The molecule has 0 aromatic rings. The van der Waals surface area contributed by atoms with Gasteiger partial charge in [-0.3, -0.25) is 4.21 Å². The van der Waals surface area contributed by atoms with Gasteiger partial charge in [-0.15, -0.1) is 0 Å². The second-order valence-electron chi connectivity index (χ2n) is 3.86. The SMILES string of the molecule is CC=C1CC2CCCC(C1)S2=O. The van der Waals surface area contributed by atoms with Gasteiger partial charge < -0.3 is 0 Å². The molecular weight excluding hydrogens is 168 g/mol. The summed E-state index contributed by atoms with van der Waals surface area (Å²) in [6.45, 7) is 2.11. The van der Waals surface area contributed by atoms with Crippen molar-refractivity contribution in [2.75, 3.05) is 0 Å². The zero-order chi connectivity index (χ0) is 8.55. The molecule has 1 nitrogen and oxygen atoms in total. The Hall–Kier alpha value is -0.110. The summed E-state index contributed by atoms with van der Waals surface area (Å²) in [6.07, 6.45) is 8.14. The second-order valence-corrected chi connectivity index (χ2v) is 5.85. The van der Waals surface area contributed by atoms with Gasteiger partial charge in [-0.25, -0.2) is 0 Å². The lowest BCUT2D eigenvalue weighted by Crippen LogP contribution is -2.36. The van der Waals surface area contributed by atoms with E-state index in [1.54, 1.807) is 5.57 Å². The second kappa shape index (κ2) is 3.33. The van der Waals surface area contributed by atoms with Gasteiger partial charge in [-0.2, -0.15) is 0 Å². The summed E-state index contributed by atoms with van der Waals surface area (Å²) in [7, 11) is -0.499. The summed E-state index contributed by atoms with van der Waals surface area (Å²) in [4.78, 5) is 0. The largest absolute Gasteiger partial charge is 0.259 e. The van der Waals surface area contributed by atoms with Crippen molar-refractivity contribution in [1.82, 2.24) is 0 Å². The molecule has 0 aromatic carbocycles. The molecule has 2 bridgehead atoms. The van der Waals surface area contributed by atoms with Crippen LogP contribution in [-0.2, 0) is 10.8 Å². The number of hydrogen-bond acceptors (Lipinski definition) is 1. The van der Waals surface area contributed by atoms with Gasteiger partial charge in [0.05, 0.1) is 0 Å². The molecule has 0 aliphatic carbocycles.